The molecule has 0 aliphatic heterocycles. The van der Waals surface area contributed by atoms with Gasteiger partial charge in [-0.1, -0.05) is 18.2 Å². The van der Waals surface area contributed by atoms with Crippen molar-refractivity contribution in [2.45, 2.75) is 44.6 Å². The van der Waals surface area contributed by atoms with Crippen molar-refractivity contribution in [2.24, 2.45) is 16.1 Å². The average molecular weight is 366 g/mol. The first-order chi connectivity index (χ1) is 12.3. The summed E-state index contributed by atoms with van der Waals surface area (Å²) >= 11 is 0. The van der Waals surface area contributed by atoms with Crippen LogP contribution in [0.5, 0.6) is 0 Å². The number of nitrogens with zero attached hydrogens (tertiary/aromatic N) is 2. The Bertz CT molecular complexity index is 682. The summed E-state index contributed by atoms with van der Waals surface area (Å²) in [5.74, 6) is -6.54. The molecule has 1 aromatic rings. The molecule has 0 spiro atoms. The molecular weight excluding hydrogens is 346 g/mol. The van der Waals surface area contributed by atoms with Crippen LogP contribution in [0.15, 0.2) is 40.6 Å². The van der Waals surface area contributed by atoms with E-state index in [-0.39, 0.29) is 19.4 Å². The Morgan fingerprint density at radius 3 is 2.38 bits per heavy atom. The zero-order chi connectivity index (χ0) is 19.2. The molecule has 1 fully saturated rings. The number of ketones is 2. The van der Waals surface area contributed by atoms with Gasteiger partial charge in [-0.05, 0) is 31.9 Å². The molecule has 1 aromatic carbocycles. The van der Waals surface area contributed by atoms with Crippen molar-refractivity contribution < 1.29 is 27.9 Å². The molecule has 0 aromatic heterocycles. The van der Waals surface area contributed by atoms with Gasteiger partial charge in [0.05, 0.1) is 12.3 Å². The molecule has 0 saturated heterocycles. The van der Waals surface area contributed by atoms with Gasteiger partial charge in [0.25, 0.3) is 5.78 Å². The summed E-state index contributed by atoms with van der Waals surface area (Å²) in [7, 11) is 0. The van der Waals surface area contributed by atoms with E-state index in [0.717, 1.165) is 0 Å². The number of azo groups is 1. The van der Waals surface area contributed by atoms with Gasteiger partial charge in [-0.3, -0.25) is 9.59 Å². The van der Waals surface area contributed by atoms with Crippen LogP contribution in [0, 0.1) is 5.92 Å². The Labute approximate surface area is 149 Å². The predicted molar refractivity (Wildman–Crippen MR) is 88.3 cm³/mol. The molecule has 1 unspecified atom stereocenters. The third kappa shape index (κ3) is 5.24. The second-order valence-electron chi connectivity index (χ2n) is 6.07. The molecule has 1 saturated carbocycles. The molecule has 26 heavy (non-hydrogen) atoms. The number of ether oxygens (including phenoxy) is 1. The van der Waals surface area contributed by atoms with Crippen LogP contribution in [-0.2, 0) is 19.1 Å². The van der Waals surface area contributed by atoms with E-state index in [4.69, 9.17) is 0 Å². The quantitative estimate of drug-likeness (QED) is 0.319. The molecule has 1 aliphatic carbocycles. The minimum absolute atomic E-state index is 0.0308. The van der Waals surface area contributed by atoms with E-state index in [0.29, 0.717) is 5.69 Å². The first kappa shape index (κ1) is 19.8. The molecule has 0 radical (unpaired) electrons. The van der Waals surface area contributed by atoms with E-state index in [2.05, 4.69) is 15.0 Å². The van der Waals surface area contributed by atoms with Gasteiger partial charge in [0.2, 0.25) is 5.92 Å². The lowest BCUT2D eigenvalue weighted by molar-refractivity contribution is -0.155. The molecule has 0 heterocycles. The monoisotopic (exact) mass is 366 g/mol. The van der Waals surface area contributed by atoms with Crippen LogP contribution in [0.4, 0.5) is 14.5 Å². The number of carbonyl (C=O) groups excluding carboxylic acids is 3. The Hall–Kier alpha value is -2.51. The van der Waals surface area contributed by atoms with E-state index in [1.54, 1.807) is 30.3 Å². The van der Waals surface area contributed by atoms with Gasteiger partial charge in [0.15, 0.2) is 11.8 Å². The number of Topliss-reactive ketones (excluding diaryl/α,β-unsaturated/α-hetero) is 2. The first-order valence-corrected chi connectivity index (χ1v) is 8.42. The van der Waals surface area contributed by atoms with E-state index in [1.165, 1.54) is 6.92 Å². The number of rotatable bonds is 7. The lowest BCUT2D eigenvalue weighted by Crippen LogP contribution is -2.40. The summed E-state index contributed by atoms with van der Waals surface area (Å²) in [4.78, 5) is 36.7. The van der Waals surface area contributed by atoms with E-state index in [1.807, 2.05) is 0 Å². The highest BCUT2D eigenvalue weighted by Gasteiger charge is 2.42. The molecule has 2 rings (SSSR count). The fraction of sp³-hybridized carbons (Fsp3) is 0.500. The van der Waals surface area contributed by atoms with Crippen molar-refractivity contribution in [1.29, 1.82) is 0 Å². The Morgan fingerprint density at radius 1 is 1.19 bits per heavy atom. The highest BCUT2D eigenvalue weighted by Crippen LogP contribution is 2.37. The second-order valence-corrected chi connectivity index (χ2v) is 6.07. The van der Waals surface area contributed by atoms with Crippen LogP contribution in [0.2, 0.25) is 0 Å². The zero-order valence-corrected chi connectivity index (χ0v) is 14.4. The molecule has 8 heteroatoms. The molecule has 0 amide bonds. The van der Waals surface area contributed by atoms with Crippen LogP contribution in [-0.4, -0.2) is 36.1 Å². The molecular formula is C18H20F2N2O4. The van der Waals surface area contributed by atoms with Crippen molar-refractivity contribution in [3.8, 4) is 0 Å². The SMILES string of the molecule is CCOC(=O)C(=O)C(/N=N/c1ccccc1)C(=O)C1CCC(F)(F)CC1. The highest BCUT2D eigenvalue weighted by atomic mass is 19.3. The topological polar surface area (TPSA) is 85.2 Å². The van der Waals surface area contributed by atoms with Crippen LogP contribution in [0.1, 0.15) is 32.6 Å². The molecule has 6 nitrogen and oxygen atoms in total. The van der Waals surface area contributed by atoms with Crippen molar-refractivity contribution in [3.05, 3.63) is 30.3 Å². The third-order valence-corrected chi connectivity index (χ3v) is 4.16. The molecule has 0 bridgehead atoms. The first-order valence-electron chi connectivity index (χ1n) is 8.42. The van der Waals surface area contributed by atoms with Gasteiger partial charge in [0, 0.05) is 18.8 Å². The Morgan fingerprint density at radius 2 is 1.81 bits per heavy atom. The smallest absolute Gasteiger partial charge is 0.377 e. The zero-order valence-electron chi connectivity index (χ0n) is 14.4. The van der Waals surface area contributed by atoms with Crippen molar-refractivity contribution in [1.82, 2.24) is 0 Å². The van der Waals surface area contributed by atoms with Gasteiger partial charge < -0.3 is 4.74 Å². The van der Waals surface area contributed by atoms with Gasteiger partial charge in [-0.25, -0.2) is 13.6 Å². The number of benzene rings is 1. The summed E-state index contributed by atoms with van der Waals surface area (Å²) in [6, 6.07) is 6.70. The number of halogens is 2. The Balaban J connectivity index is 2.19. The average Bonchev–Trinajstić information content (AvgIpc) is 2.62. The molecule has 1 atom stereocenters. The lowest BCUT2D eigenvalue weighted by Gasteiger charge is -2.28. The number of esters is 1. The summed E-state index contributed by atoms with van der Waals surface area (Å²) in [5.41, 5.74) is 0.400. The third-order valence-electron chi connectivity index (χ3n) is 4.16. The van der Waals surface area contributed by atoms with Crippen LogP contribution >= 0.6 is 0 Å². The summed E-state index contributed by atoms with van der Waals surface area (Å²) in [6.07, 6.45) is -0.975. The second kappa shape index (κ2) is 8.73. The summed E-state index contributed by atoms with van der Waals surface area (Å²) in [6.45, 7) is 1.49. The van der Waals surface area contributed by atoms with Crippen LogP contribution in [0.25, 0.3) is 0 Å². The van der Waals surface area contributed by atoms with E-state index in [9.17, 15) is 23.2 Å². The fourth-order valence-electron chi connectivity index (χ4n) is 2.72. The van der Waals surface area contributed by atoms with Gasteiger partial charge >= 0.3 is 5.97 Å². The van der Waals surface area contributed by atoms with Crippen molar-refractivity contribution in [3.63, 3.8) is 0 Å². The van der Waals surface area contributed by atoms with Crippen LogP contribution in [0.3, 0.4) is 0 Å². The number of carbonyl (C=O) groups is 3. The van der Waals surface area contributed by atoms with Gasteiger partial charge in [-0.2, -0.15) is 10.2 Å². The van der Waals surface area contributed by atoms with Gasteiger partial charge in [0.1, 0.15) is 0 Å². The molecule has 0 N–H and O–H groups in total. The van der Waals surface area contributed by atoms with E-state index < -0.39 is 48.3 Å². The maximum Gasteiger partial charge on any atom is 0.377 e. The summed E-state index contributed by atoms with van der Waals surface area (Å²) < 4.78 is 31.3. The maximum atomic E-state index is 13.3. The van der Waals surface area contributed by atoms with E-state index >= 15 is 0 Å². The number of hydrogen-bond donors (Lipinski definition) is 0. The van der Waals surface area contributed by atoms with Crippen LogP contribution < -0.4 is 0 Å². The fourth-order valence-corrected chi connectivity index (χ4v) is 2.72. The molecule has 140 valence electrons. The van der Waals surface area contributed by atoms with Gasteiger partial charge in [-0.15, -0.1) is 0 Å². The predicted octanol–water partition coefficient (Wildman–Crippen LogP) is 3.67. The van der Waals surface area contributed by atoms with Crippen molar-refractivity contribution >= 4 is 23.2 Å². The normalized spacial score (nSPS) is 18.4. The van der Waals surface area contributed by atoms with Crippen molar-refractivity contribution in [2.75, 3.05) is 6.61 Å². The largest absolute Gasteiger partial charge is 0.460 e. The number of hydrogen-bond acceptors (Lipinski definition) is 6. The minimum Gasteiger partial charge on any atom is -0.460 e. The lowest BCUT2D eigenvalue weighted by atomic mass is 9.81. The highest BCUT2D eigenvalue weighted by molar-refractivity contribution is 6.40. The maximum absolute atomic E-state index is 13.3. The Kier molecular flexibility index (Phi) is 6.65. The summed E-state index contributed by atoms with van der Waals surface area (Å²) in [5, 5.41) is 7.59. The minimum atomic E-state index is -2.80. The standard InChI is InChI=1S/C18H20F2N2O4/c1-2-26-17(25)16(24)14(22-21-13-6-4-3-5-7-13)15(23)12-8-10-18(19,20)11-9-12/h3-7,12,14H,2,8-11H2,1H3/b22-21+. The molecule has 1 aliphatic rings. The number of alkyl halides is 2.